The molecule has 0 saturated carbocycles. The van der Waals surface area contributed by atoms with Crippen LogP contribution in [0.1, 0.15) is 26.3 Å². The van der Waals surface area contributed by atoms with Gasteiger partial charge in [-0.2, -0.15) is 0 Å². The number of rotatable bonds is 6. The van der Waals surface area contributed by atoms with E-state index in [2.05, 4.69) is 11.9 Å². The Hall–Kier alpha value is -1.62. The molecule has 0 radical (unpaired) electrons. The summed E-state index contributed by atoms with van der Waals surface area (Å²) in [4.78, 5) is 11.9. The average Bonchev–Trinajstić information content (AvgIpc) is 2.37. The third-order valence-corrected chi connectivity index (χ3v) is 3.70. The van der Waals surface area contributed by atoms with Crippen molar-refractivity contribution in [1.82, 2.24) is 5.32 Å². The lowest BCUT2D eigenvalue weighted by Crippen LogP contribution is -2.42. The standard InChI is InChI=1S/C16H23NO3S/c1-5-21(19)12-14(11-13-9-7-6-8-10-13)17-15(18)20-16(2,3)4/h5-10,14H,1,11-12H2,2-4H3,(H,17,18)/t14-,21-/m0/s1. The highest BCUT2D eigenvalue weighted by Gasteiger charge is 2.20. The van der Waals surface area contributed by atoms with Crippen LogP contribution in [0.3, 0.4) is 0 Å². The Kier molecular flexibility index (Phi) is 6.62. The van der Waals surface area contributed by atoms with Crippen LogP contribution in [0, 0.1) is 0 Å². The molecule has 0 heterocycles. The van der Waals surface area contributed by atoms with Gasteiger partial charge in [-0.1, -0.05) is 36.9 Å². The van der Waals surface area contributed by atoms with Crippen molar-refractivity contribution in [2.75, 3.05) is 5.75 Å². The Bertz CT molecular complexity index is 494. The molecule has 0 aliphatic rings. The van der Waals surface area contributed by atoms with Gasteiger partial charge in [0.05, 0.1) is 0 Å². The van der Waals surface area contributed by atoms with Crippen molar-refractivity contribution in [3.63, 3.8) is 0 Å². The zero-order chi connectivity index (χ0) is 15.9. The van der Waals surface area contributed by atoms with E-state index in [-0.39, 0.29) is 6.04 Å². The molecule has 0 aliphatic heterocycles. The van der Waals surface area contributed by atoms with Gasteiger partial charge in [0.15, 0.2) is 0 Å². The van der Waals surface area contributed by atoms with Crippen molar-refractivity contribution in [2.45, 2.75) is 38.8 Å². The summed E-state index contributed by atoms with van der Waals surface area (Å²) in [6.45, 7) is 8.93. The minimum absolute atomic E-state index is 0.263. The van der Waals surface area contributed by atoms with Gasteiger partial charge in [-0.05, 0) is 38.2 Å². The number of carbonyl (C=O) groups excluding carboxylic acids is 1. The first-order valence-electron chi connectivity index (χ1n) is 6.83. The second-order valence-corrected chi connectivity index (χ2v) is 7.18. The Labute approximate surface area is 129 Å². The third-order valence-electron chi connectivity index (χ3n) is 2.60. The molecule has 0 aromatic heterocycles. The topological polar surface area (TPSA) is 55.4 Å². The molecule has 0 unspecified atom stereocenters. The van der Waals surface area contributed by atoms with Crippen molar-refractivity contribution in [2.24, 2.45) is 0 Å². The van der Waals surface area contributed by atoms with Crippen molar-refractivity contribution in [3.8, 4) is 0 Å². The quantitative estimate of drug-likeness (QED) is 0.879. The van der Waals surface area contributed by atoms with Crippen molar-refractivity contribution in [1.29, 1.82) is 0 Å². The molecule has 0 fully saturated rings. The van der Waals surface area contributed by atoms with E-state index in [1.807, 2.05) is 30.3 Å². The molecule has 1 aromatic carbocycles. The highest BCUT2D eigenvalue weighted by molar-refractivity contribution is 7.87. The third kappa shape index (κ3) is 7.66. The normalized spacial score (nSPS) is 14.0. The zero-order valence-corrected chi connectivity index (χ0v) is 13.6. The van der Waals surface area contributed by atoms with Gasteiger partial charge in [0.25, 0.3) is 0 Å². The van der Waals surface area contributed by atoms with Crippen LogP contribution in [0.5, 0.6) is 0 Å². The van der Waals surface area contributed by atoms with Crippen LogP contribution in [-0.2, 0) is 22.0 Å². The lowest BCUT2D eigenvalue weighted by Gasteiger charge is -2.23. The largest absolute Gasteiger partial charge is 0.444 e. The maximum Gasteiger partial charge on any atom is 0.407 e. The lowest BCUT2D eigenvalue weighted by atomic mass is 10.1. The molecule has 1 N–H and O–H groups in total. The fraction of sp³-hybridized carbons (Fsp3) is 0.438. The summed E-state index contributed by atoms with van der Waals surface area (Å²) in [5.41, 5.74) is 0.513. The van der Waals surface area contributed by atoms with Gasteiger partial charge in [0.1, 0.15) is 5.60 Å². The molecule has 5 heteroatoms. The van der Waals surface area contributed by atoms with Crippen LogP contribution in [0.4, 0.5) is 4.79 Å². The monoisotopic (exact) mass is 309 g/mol. The van der Waals surface area contributed by atoms with Gasteiger partial charge >= 0.3 is 6.09 Å². The summed E-state index contributed by atoms with van der Waals surface area (Å²) in [6, 6.07) is 9.48. The molecular formula is C16H23NO3S. The van der Waals surface area contributed by atoms with E-state index in [0.29, 0.717) is 12.2 Å². The maximum absolute atomic E-state index is 11.9. The summed E-state index contributed by atoms with van der Waals surface area (Å²) in [5, 5.41) is 4.17. The predicted molar refractivity (Wildman–Crippen MR) is 86.5 cm³/mol. The number of benzene rings is 1. The van der Waals surface area contributed by atoms with E-state index in [9.17, 15) is 9.00 Å². The highest BCUT2D eigenvalue weighted by atomic mass is 32.2. The fourth-order valence-corrected chi connectivity index (χ4v) is 2.52. The number of hydrogen-bond acceptors (Lipinski definition) is 3. The molecule has 116 valence electrons. The second-order valence-electron chi connectivity index (χ2n) is 5.75. The van der Waals surface area contributed by atoms with Crippen LogP contribution >= 0.6 is 0 Å². The molecule has 21 heavy (non-hydrogen) atoms. The van der Waals surface area contributed by atoms with Gasteiger partial charge in [-0.25, -0.2) is 4.79 Å². The molecule has 2 atom stereocenters. The van der Waals surface area contributed by atoms with Crippen LogP contribution in [0.25, 0.3) is 0 Å². The van der Waals surface area contributed by atoms with Gasteiger partial charge in [0, 0.05) is 22.6 Å². The summed E-state index contributed by atoms with van der Waals surface area (Å²) < 4.78 is 16.9. The molecule has 1 rings (SSSR count). The van der Waals surface area contributed by atoms with Crippen LogP contribution in [0.2, 0.25) is 0 Å². The number of amides is 1. The summed E-state index contributed by atoms with van der Waals surface area (Å²) in [6.07, 6.45) is 0.101. The molecule has 1 aromatic rings. The second kappa shape index (κ2) is 7.98. The van der Waals surface area contributed by atoms with E-state index >= 15 is 0 Å². The first-order valence-corrected chi connectivity index (χ1v) is 8.21. The van der Waals surface area contributed by atoms with Gasteiger partial charge in [0.2, 0.25) is 0 Å². The van der Waals surface area contributed by atoms with E-state index < -0.39 is 22.5 Å². The number of hydrogen-bond donors (Lipinski definition) is 1. The number of carbonyl (C=O) groups is 1. The van der Waals surface area contributed by atoms with Gasteiger partial charge in [-0.3, -0.25) is 4.21 Å². The minimum Gasteiger partial charge on any atom is -0.444 e. The first kappa shape index (κ1) is 17.4. The van der Waals surface area contributed by atoms with E-state index in [4.69, 9.17) is 4.74 Å². The molecule has 0 spiro atoms. The Balaban J connectivity index is 2.70. The van der Waals surface area contributed by atoms with Crippen LogP contribution in [-0.4, -0.2) is 27.7 Å². The highest BCUT2D eigenvalue weighted by Crippen LogP contribution is 2.09. The number of alkyl carbamates (subject to hydrolysis) is 1. The van der Waals surface area contributed by atoms with Crippen LogP contribution < -0.4 is 5.32 Å². The van der Waals surface area contributed by atoms with E-state index in [1.54, 1.807) is 20.8 Å². The average molecular weight is 309 g/mol. The molecule has 0 aliphatic carbocycles. The van der Waals surface area contributed by atoms with Gasteiger partial charge in [-0.15, -0.1) is 0 Å². The lowest BCUT2D eigenvalue weighted by molar-refractivity contribution is 0.0509. The Morgan fingerprint density at radius 1 is 1.38 bits per heavy atom. The van der Waals surface area contributed by atoms with Crippen molar-refractivity contribution in [3.05, 3.63) is 47.9 Å². The summed E-state index contributed by atoms with van der Waals surface area (Å²) in [7, 11) is -1.18. The number of ether oxygens (including phenoxy) is 1. The van der Waals surface area contributed by atoms with E-state index in [0.717, 1.165) is 5.56 Å². The summed E-state index contributed by atoms with van der Waals surface area (Å²) in [5.74, 6) is 0.317. The maximum atomic E-state index is 11.9. The predicted octanol–water partition coefficient (Wildman–Crippen LogP) is 3.01. The SMILES string of the molecule is C=C[S@](=O)C[C@H](Cc1ccccc1)NC(=O)OC(C)(C)C. The molecule has 0 bridgehead atoms. The van der Waals surface area contributed by atoms with Crippen LogP contribution in [0.15, 0.2) is 42.3 Å². The Morgan fingerprint density at radius 2 is 2.00 bits per heavy atom. The summed E-state index contributed by atoms with van der Waals surface area (Å²) >= 11 is 0. The molecule has 0 saturated heterocycles. The van der Waals surface area contributed by atoms with Crippen molar-refractivity contribution >= 4 is 16.9 Å². The van der Waals surface area contributed by atoms with Crippen molar-refractivity contribution < 1.29 is 13.7 Å². The minimum atomic E-state index is -1.18. The first-order chi connectivity index (χ1) is 9.80. The molecule has 1 amide bonds. The Morgan fingerprint density at radius 3 is 2.52 bits per heavy atom. The molecule has 4 nitrogen and oxygen atoms in total. The number of nitrogens with one attached hydrogen (secondary N) is 1. The molecular weight excluding hydrogens is 286 g/mol. The smallest absolute Gasteiger partial charge is 0.407 e. The van der Waals surface area contributed by atoms with E-state index in [1.165, 1.54) is 5.41 Å². The zero-order valence-electron chi connectivity index (χ0n) is 12.8. The van der Waals surface area contributed by atoms with Gasteiger partial charge < -0.3 is 10.1 Å². The fourth-order valence-electron chi connectivity index (χ4n) is 1.79.